The monoisotopic (exact) mass is 590 g/mol. The minimum atomic E-state index is 0.0768. The summed E-state index contributed by atoms with van der Waals surface area (Å²) in [5.41, 5.74) is 12.1. The molecule has 5 heteroatoms. The quantitative estimate of drug-likeness (QED) is 0.211. The Labute approximate surface area is 266 Å². The van der Waals surface area contributed by atoms with Gasteiger partial charge in [0.15, 0.2) is 0 Å². The molecule has 3 aliphatic heterocycles. The standard InChI is InChI=1S/C39H36B2O2S/c1-22(2)25-18-26(23(3)4)38(27(19-25)24(5)6)40-28-12-7-10-15-33(28)43-35-21-37-31(20-30(35)40)41-29-13-8-9-14-32(29)42-34-16-11-17-36(44-37)39(34)41/h7-24H,1-6H3. The van der Waals surface area contributed by atoms with Crippen molar-refractivity contribution in [3.05, 3.63) is 108 Å². The smallest absolute Gasteiger partial charge is 0.253 e. The minimum Gasteiger partial charge on any atom is -0.458 e. The molecule has 0 fully saturated rings. The Bertz CT molecular complexity index is 1930. The van der Waals surface area contributed by atoms with E-state index < -0.39 is 0 Å². The van der Waals surface area contributed by atoms with E-state index in [1.54, 1.807) is 0 Å². The third-order valence-electron chi connectivity index (χ3n) is 9.66. The van der Waals surface area contributed by atoms with Crippen molar-refractivity contribution in [2.24, 2.45) is 0 Å². The molecule has 3 aliphatic rings. The second kappa shape index (κ2) is 10.4. The van der Waals surface area contributed by atoms with Crippen LogP contribution < -0.4 is 42.3 Å². The summed E-state index contributed by atoms with van der Waals surface area (Å²) in [6.45, 7) is 14.2. The summed E-state index contributed by atoms with van der Waals surface area (Å²) in [7, 11) is 0. The van der Waals surface area contributed by atoms with E-state index in [4.69, 9.17) is 9.47 Å². The Morgan fingerprint density at radius 1 is 0.477 bits per heavy atom. The van der Waals surface area contributed by atoms with Crippen LogP contribution in [0.1, 0.15) is 76.0 Å². The second-order valence-corrected chi connectivity index (χ2v) is 14.5. The van der Waals surface area contributed by atoms with Crippen LogP contribution in [0.5, 0.6) is 23.0 Å². The lowest BCUT2D eigenvalue weighted by atomic mass is 9.31. The van der Waals surface area contributed by atoms with Crippen molar-refractivity contribution in [3.63, 3.8) is 0 Å². The Balaban J connectivity index is 1.42. The van der Waals surface area contributed by atoms with Gasteiger partial charge in [-0.3, -0.25) is 0 Å². The number of benzene rings is 5. The Morgan fingerprint density at radius 2 is 1.05 bits per heavy atom. The predicted octanol–water partition coefficient (Wildman–Crippen LogP) is 6.77. The molecule has 0 unspecified atom stereocenters. The molecule has 0 saturated heterocycles. The van der Waals surface area contributed by atoms with Gasteiger partial charge in [-0.25, -0.2) is 0 Å². The number of hydrogen-bond acceptors (Lipinski definition) is 3. The Hall–Kier alpha value is -3.82. The summed E-state index contributed by atoms with van der Waals surface area (Å²) in [6, 6.07) is 33.5. The SMILES string of the molecule is CC(C)c1cc(C(C)C)c(B2c3ccccc3Oc3cc4c(cc32)B2c3ccccc3Oc3cccc(c32)S4)c(C(C)C)c1. The van der Waals surface area contributed by atoms with Crippen molar-refractivity contribution < 1.29 is 9.47 Å². The summed E-state index contributed by atoms with van der Waals surface area (Å²) in [4.78, 5) is 2.52. The highest BCUT2D eigenvalue weighted by Crippen LogP contribution is 2.39. The van der Waals surface area contributed by atoms with Gasteiger partial charge in [0.2, 0.25) is 0 Å². The molecule has 216 valence electrons. The van der Waals surface area contributed by atoms with E-state index in [1.807, 2.05) is 11.8 Å². The lowest BCUT2D eigenvalue weighted by molar-refractivity contribution is 0.485. The van der Waals surface area contributed by atoms with Gasteiger partial charge < -0.3 is 9.47 Å². The van der Waals surface area contributed by atoms with Crippen molar-refractivity contribution in [2.45, 2.75) is 69.1 Å². The zero-order chi connectivity index (χ0) is 30.3. The number of rotatable bonds is 4. The summed E-state index contributed by atoms with van der Waals surface area (Å²) in [6.07, 6.45) is 0. The molecule has 0 atom stereocenters. The van der Waals surface area contributed by atoms with Gasteiger partial charge in [-0.05, 0) is 86.6 Å². The molecule has 0 amide bonds. The van der Waals surface area contributed by atoms with Gasteiger partial charge in [-0.2, -0.15) is 0 Å². The molecule has 5 aromatic rings. The van der Waals surface area contributed by atoms with Gasteiger partial charge in [0, 0.05) is 9.79 Å². The van der Waals surface area contributed by atoms with Crippen molar-refractivity contribution in [1.82, 2.24) is 0 Å². The van der Waals surface area contributed by atoms with Gasteiger partial charge in [-0.15, -0.1) is 0 Å². The summed E-state index contributed by atoms with van der Waals surface area (Å²) in [5.74, 6) is 5.10. The van der Waals surface area contributed by atoms with E-state index in [2.05, 4.69) is 133 Å². The van der Waals surface area contributed by atoms with Crippen LogP contribution >= 0.6 is 11.8 Å². The van der Waals surface area contributed by atoms with Gasteiger partial charge in [0.05, 0.1) is 0 Å². The molecule has 3 heterocycles. The highest BCUT2D eigenvalue weighted by Gasteiger charge is 2.42. The van der Waals surface area contributed by atoms with Crippen molar-refractivity contribution in [2.75, 3.05) is 0 Å². The van der Waals surface area contributed by atoms with Gasteiger partial charge in [0.1, 0.15) is 23.0 Å². The van der Waals surface area contributed by atoms with E-state index in [1.165, 1.54) is 59.3 Å². The average Bonchev–Trinajstić information content (AvgIpc) is 3.02. The van der Waals surface area contributed by atoms with E-state index in [0.717, 1.165) is 23.0 Å². The van der Waals surface area contributed by atoms with E-state index in [9.17, 15) is 0 Å². The maximum atomic E-state index is 6.78. The lowest BCUT2D eigenvalue weighted by Gasteiger charge is -2.36. The van der Waals surface area contributed by atoms with Crippen LogP contribution in [0, 0.1) is 0 Å². The molecule has 0 saturated carbocycles. The minimum absolute atomic E-state index is 0.0768. The third-order valence-corrected chi connectivity index (χ3v) is 10.8. The highest BCUT2D eigenvalue weighted by atomic mass is 32.2. The number of hydrogen-bond donors (Lipinski definition) is 0. The van der Waals surface area contributed by atoms with Crippen LogP contribution in [0.25, 0.3) is 0 Å². The number of para-hydroxylation sites is 2. The second-order valence-electron chi connectivity index (χ2n) is 13.4. The zero-order valence-corrected chi connectivity index (χ0v) is 27.1. The zero-order valence-electron chi connectivity index (χ0n) is 26.3. The molecule has 0 radical (unpaired) electrons. The van der Waals surface area contributed by atoms with Crippen LogP contribution in [0.3, 0.4) is 0 Å². The average molecular weight is 590 g/mol. The number of ether oxygens (including phenoxy) is 2. The van der Waals surface area contributed by atoms with Crippen molar-refractivity contribution >= 4 is 58.0 Å². The van der Waals surface area contributed by atoms with Crippen LogP contribution in [0.4, 0.5) is 0 Å². The van der Waals surface area contributed by atoms with Crippen LogP contribution in [-0.2, 0) is 0 Å². The van der Waals surface area contributed by atoms with E-state index in [0.29, 0.717) is 17.8 Å². The first kappa shape index (κ1) is 27.7. The summed E-state index contributed by atoms with van der Waals surface area (Å²) >= 11 is 1.84. The molecular weight excluding hydrogens is 554 g/mol. The fourth-order valence-corrected chi connectivity index (χ4v) is 8.66. The molecule has 8 rings (SSSR count). The molecular formula is C39H36B2O2S. The first-order valence-corrected chi connectivity index (χ1v) is 16.8. The maximum Gasteiger partial charge on any atom is 0.253 e. The molecule has 2 nitrogen and oxygen atoms in total. The van der Waals surface area contributed by atoms with Gasteiger partial charge in [-0.1, -0.05) is 125 Å². The van der Waals surface area contributed by atoms with E-state index in [-0.39, 0.29) is 13.4 Å². The summed E-state index contributed by atoms with van der Waals surface area (Å²) in [5, 5.41) is 0. The molecule has 0 bridgehead atoms. The first-order chi connectivity index (χ1) is 21.3. The third kappa shape index (κ3) is 4.19. The summed E-state index contributed by atoms with van der Waals surface area (Å²) < 4.78 is 13.2. The van der Waals surface area contributed by atoms with Gasteiger partial charge in [0.25, 0.3) is 13.4 Å². The Kier molecular flexibility index (Phi) is 6.54. The van der Waals surface area contributed by atoms with Crippen LogP contribution in [-0.4, -0.2) is 13.4 Å². The fourth-order valence-electron chi connectivity index (χ4n) is 7.49. The molecule has 0 aromatic heterocycles. The molecule has 5 aromatic carbocycles. The van der Waals surface area contributed by atoms with Crippen molar-refractivity contribution in [1.29, 1.82) is 0 Å². The van der Waals surface area contributed by atoms with Crippen molar-refractivity contribution in [3.8, 4) is 23.0 Å². The maximum absolute atomic E-state index is 6.78. The highest BCUT2D eigenvalue weighted by molar-refractivity contribution is 8.00. The topological polar surface area (TPSA) is 18.5 Å². The first-order valence-electron chi connectivity index (χ1n) is 16.0. The van der Waals surface area contributed by atoms with Crippen LogP contribution in [0.15, 0.2) is 101 Å². The van der Waals surface area contributed by atoms with Gasteiger partial charge >= 0.3 is 0 Å². The molecule has 44 heavy (non-hydrogen) atoms. The molecule has 0 aliphatic carbocycles. The predicted molar refractivity (Wildman–Crippen MR) is 188 cm³/mol. The lowest BCUT2D eigenvalue weighted by Crippen LogP contribution is -2.61. The molecule has 0 N–H and O–H groups in total. The Morgan fingerprint density at radius 3 is 1.66 bits per heavy atom. The largest absolute Gasteiger partial charge is 0.458 e. The molecule has 0 spiro atoms. The van der Waals surface area contributed by atoms with E-state index >= 15 is 0 Å². The van der Waals surface area contributed by atoms with Crippen LogP contribution in [0.2, 0.25) is 0 Å². The normalized spacial score (nSPS) is 14.0. The number of fused-ring (bicyclic) bond motifs is 6. The fraction of sp³-hybridized carbons (Fsp3) is 0.231.